The van der Waals surface area contributed by atoms with E-state index < -0.39 is 36.7 Å². The molecule has 0 aliphatic carbocycles. The standard InChI is InChI=1S/C19H28N2O6/c1-2-3-4-8-11-15(18(24)25)20-17(23)16(12-22)21-19(26)27-13-14-9-6-5-7-10-14/h5-7,9-10,15-16,22H,2-4,8,11-13H2,1H3,(H,20,23)(H,21,26)(H,24,25)/t15-,16+/m1/s1. The summed E-state index contributed by atoms with van der Waals surface area (Å²) in [6.07, 6.45) is 2.98. The summed E-state index contributed by atoms with van der Waals surface area (Å²) in [5.41, 5.74) is 0.774. The molecule has 27 heavy (non-hydrogen) atoms. The van der Waals surface area contributed by atoms with Crippen molar-refractivity contribution in [2.75, 3.05) is 6.61 Å². The third kappa shape index (κ3) is 9.05. The number of unbranched alkanes of at least 4 members (excludes halogenated alkanes) is 3. The highest BCUT2D eigenvalue weighted by atomic mass is 16.5. The number of rotatable bonds is 12. The van der Waals surface area contributed by atoms with E-state index in [0.29, 0.717) is 6.42 Å². The van der Waals surface area contributed by atoms with Gasteiger partial charge in [-0.1, -0.05) is 62.9 Å². The Hall–Kier alpha value is -2.61. The molecule has 0 fully saturated rings. The van der Waals surface area contributed by atoms with E-state index >= 15 is 0 Å². The van der Waals surface area contributed by atoms with Crippen molar-refractivity contribution in [1.29, 1.82) is 0 Å². The predicted octanol–water partition coefficient (Wildman–Crippen LogP) is 1.81. The number of carbonyl (C=O) groups is 3. The van der Waals surface area contributed by atoms with Crippen LogP contribution in [-0.4, -0.2) is 46.9 Å². The first-order valence-corrected chi connectivity index (χ1v) is 9.09. The van der Waals surface area contributed by atoms with Crippen LogP contribution in [0.4, 0.5) is 4.79 Å². The van der Waals surface area contributed by atoms with Crippen LogP contribution in [0.3, 0.4) is 0 Å². The van der Waals surface area contributed by atoms with Crippen LogP contribution < -0.4 is 10.6 Å². The molecule has 0 saturated heterocycles. The molecule has 0 aromatic heterocycles. The Morgan fingerprint density at radius 3 is 2.33 bits per heavy atom. The second-order valence-corrected chi connectivity index (χ2v) is 6.19. The lowest BCUT2D eigenvalue weighted by Gasteiger charge is -2.20. The smallest absolute Gasteiger partial charge is 0.408 e. The Balaban J connectivity index is 2.48. The first-order valence-electron chi connectivity index (χ1n) is 9.09. The number of aliphatic hydroxyl groups excluding tert-OH is 1. The maximum absolute atomic E-state index is 12.2. The fourth-order valence-corrected chi connectivity index (χ4v) is 2.41. The summed E-state index contributed by atoms with van der Waals surface area (Å²) >= 11 is 0. The summed E-state index contributed by atoms with van der Waals surface area (Å²) in [4.78, 5) is 35.3. The third-order valence-corrected chi connectivity index (χ3v) is 3.96. The minimum atomic E-state index is -1.29. The van der Waals surface area contributed by atoms with Gasteiger partial charge in [-0.25, -0.2) is 9.59 Å². The first kappa shape index (κ1) is 22.4. The minimum Gasteiger partial charge on any atom is -0.480 e. The van der Waals surface area contributed by atoms with Crippen LogP contribution in [0.25, 0.3) is 0 Å². The lowest BCUT2D eigenvalue weighted by atomic mass is 10.1. The SMILES string of the molecule is CCCCCC[C@@H](NC(=O)[C@H](CO)NC(=O)OCc1ccccc1)C(=O)O. The number of nitrogens with one attached hydrogen (secondary N) is 2. The van der Waals surface area contributed by atoms with Crippen LogP contribution in [0.2, 0.25) is 0 Å². The van der Waals surface area contributed by atoms with Gasteiger partial charge in [-0.3, -0.25) is 4.79 Å². The van der Waals surface area contributed by atoms with E-state index in [4.69, 9.17) is 4.74 Å². The largest absolute Gasteiger partial charge is 0.480 e. The van der Waals surface area contributed by atoms with Gasteiger partial charge in [-0.2, -0.15) is 0 Å². The molecule has 1 aromatic carbocycles. The van der Waals surface area contributed by atoms with Crippen molar-refractivity contribution in [3.05, 3.63) is 35.9 Å². The van der Waals surface area contributed by atoms with Crippen LogP contribution in [0.5, 0.6) is 0 Å². The van der Waals surface area contributed by atoms with Gasteiger partial charge in [0.1, 0.15) is 18.7 Å². The summed E-state index contributed by atoms with van der Waals surface area (Å²) in [6.45, 7) is 1.39. The monoisotopic (exact) mass is 380 g/mol. The topological polar surface area (TPSA) is 125 Å². The third-order valence-electron chi connectivity index (χ3n) is 3.96. The van der Waals surface area contributed by atoms with Crippen molar-refractivity contribution in [3.8, 4) is 0 Å². The molecule has 0 saturated carbocycles. The van der Waals surface area contributed by atoms with E-state index in [2.05, 4.69) is 10.6 Å². The molecule has 0 aliphatic rings. The van der Waals surface area contributed by atoms with Gasteiger partial charge < -0.3 is 25.6 Å². The van der Waals surface area contributed by atoms with E-state index in [9.17, 15) is 24.6 Å². The molecule has 2 atom stereocenters. The maximum atomic E-state index is 12.2. The summed E-state index contributed by atoms with van der Waals surface area (Å²) in [7, 11) is 0. The number of aliphatic hydroxyl groups is 1. The van der Waals surface area contributed by atoms with Gasteiger partial charge in [0.2, 0.25) is 5.91 Å². The van der Waals surface area contributed by atoms with E-state index in [1.807, 2.05) is 13.0 Å². The van der Waals surface area contributed by atoms with Gasteiger partial charge in [0.25, 0.3) is 0 Å². The van der Waals surface area contributed by atoms with Crippen LogP contribution in [-0.2, 0) is 20.9 Å². The van der Waals surface area contributed by atoms with E-state index in [0.717, 1.165) is 24.8 Å². The Kier molecular flexibility index (Phi) is 10.5. The number of hydrogen-bond acceptors (Lipinski definition) is 5. The summed E-state index contributed by atoms with van der Waals surface area (Å²) in [5.74, 6) is -1.92. The molecule has 8 nitrogen and oxygen atoms in total. The number of amides is 2. The highest BCUT2D eigenvalue weighted by Crippen LogP contribution is 2.06. The van der Waals surface area contributed by atoms with Crippen molar-refractivity contribution in [3.63, 3.8) is 0 Å². The van der Waals surface area contributed by atoms with Crippen molar-refractivity contribution in [1.82, 2.24) is 10.6 Å². The second-order valence-electron chi connectivity index (χ2n) is 6.19. The molecule has 4 N–H and O–H groups in total. The van der Waals surface area contributed by atoms with Gasteiger partial charge >= 0.3 is 12.1 Å². The zero-order chi connectivity index (χ0) is 20.1. The molecule has 0 unspecified atom stereocenters. The Morgan fingerprint density at radius 2 is 1.74 bits per heavy atom. The molecule has 1 rings (SSSR count). The van der Waals surface area contributed by atoms with Crippen molar-refractivity contribution < 1.29 is 29.3 Å². The fraction of sp³-hybridized carbons (Fsp3) is 0.526. The highest BCUT2D eigenvalue weighted by molar-refractivity contribution is 5.89. The number of carboxylic acids is 1. The first-order chi connectivity index (χ1) is 13.0. The van der Waals surface area contributed by atoms with Gasteiger partial charge in [-0.15, -0.1) is 0 Å². The molecule has 8 heteroatoms. The molecule has 0 spiro atoms. The predicted molar refractivity (Wildman–Crippen MR) is 99.0 cm³/mol. The number of benzene rings is 1. The van der Waals surface area contributed by atoms with E-state index in [-0.39, 0.29) is 13.0 Å². The van der Waals surface area contributed by atoms with Crippen molar-refractivity contribution >= 4 is 18.0 Å². The number of carbonyl (C=O) groups excluding carboxylic acids is 2. The normalized spacial score (nSPS) is 12.7. The van der Waals surface area contributed by atoms with Crippen LogP contribution >= 0.6 is 0 Å². The van der Waals surface area contributed by atoms with E-state index in [1.165, 1.54) is 0 Å². The molecular formula is C19H28N2O6. The number of ether oxygens (including phenoxy) is 1. The Bertz CT molecular complexity index is 593. The van der Waals surface area contributed by atoms with Gasteiger partial charge in [-0.05, 0) is 12.0 Å². The molecule has 0 radical (unpaired) electrons. The zero-order valence-electron chi connectivity index (χ0n) is 15.5. The molecular weight excluding hydrogens is 352 g/mol. The van der Waals surface area contributed by atoms with E-state index in [1.54, 1.807) is 24.3 Å². The number of alkyl carbamates (subject to hydrolysis) is 1. The fourth-order valence-electron chi connectivity index (χ4n) is 2.41. The van der Waals surface area contributed by atoms with Crippen LogP contribution in [0, 0.1) is 0 Å². The number of aliphatic carboxylic acids is 1. The lowest BCUT2D eigenvalue weighted by Crippen LogP contribution is -2.53. The average molecular weight is 380 g/mol. The van der Waals surface area contributed by atoms with Crippen LogP contribution in [0.1, 0.15) is 44.6 Å². The average Bonchev–Trinajstić information content (AvgIpc) is 2.67. The second kappa shape index (κ2) is 12.7. The molecule has 150 valence electrons. The molecule has 2 amide bonds. The van der Waals surface area contributed by atoms with Crippen LogP contribution in [0.15, 0.2) is 30.3 Å². The van der Waals surface area contributed by atoms with Gasteiger partial charge in [0, 0.05) is 0 Å². The van der Waals surface area contributed by atoms with Gasteiger partial charge in [0.15, 0.2) is 0 Å². The summed E-state index contributed by atoms with van der Waals surface area (Å²) < 4.78 is 5.00. The minimum absolute atomic E-state index is 0.0155. The van der Waals surface area contributed by atoms with Crippen molar-refractivity contribution in [2.24, 2.45) is 0 Å². The number of hydrogen-bond donors (Lipinski definition) is 4. The molecule has 0 aliphatic heterocycles. The maximum Gasteiger partial charge on any atom is 0.408 e. The van der Waals surface area contributed by atoms with Crippen molar-refractivity contribution in [2.45, 2.75) is 57.7 Å². The molecule has 0 bridgehead atoms. The molecule has 1 aromatic rings. The Morgan fingerprint density at radius 1 is 1.04 bits per heavy atom. The quantitative estimate of drug-likeness (QED) is 0.410. The zero-order valence-corrected chi connectivity index (χ0v) is 15.5. The molecule has 0 heterocycles. The summed E-state index contributed by atoms with van der Waals surface area (Å²) in [6, 6.07) is 6.63. The number of carboxylic acid groups (broad SMARTS) is 1. The van der Waals surface area contributed by atoms with Gasteiger partial charge in [0.05, 0.1) is 6.61 Å². The highest BCUT2D eigenvalue weighted by Gasteiger charge is 2.26. The Labute approximate surface area is 158 Å². The lowest BCUT2D eigenvalue weighted by molar-refractivity contribution is -0.142. The summed E-state index contributed by atoms with van der Waals surface area (Å²) in [5, 5.41) is 23.2.